The molecule has 4 atom stereocenters. The van der Waals surface area contributed by atoms with Crippen molar-refractivity contribution < 1.29 is 82.3 Å². The number of carboxylic acids is 4. The van der Waals surface area contributed by atoms with Crippen LogP contribution >= 0.6 is 46.4 Å². The topological polar surface area (TPSA) is 408 Å². The molecule has 0 aliphatic heterocycles. The van der Waals surface area contributed by atoms with Crippen molar-refractivity contribution in [1.29, 1.82) is 0 Å². The number of ether oxygens (including phenoxy) is 4. The molecule has 0 bridgehead atoms. The first-order valence-corrected chi connectivity index (χ1v) is 47.9. The number of amides is 4. The van der Waals surface area contributed by atoms with Crippen LogP contribution in [-0.2, 0) is 66.8 Å². The molecule has 4 aliphatic rings. The van der Waals surface area contributed by atoms with Crippen LogP contribution in [0.15, 0.2) is 320 Å². The number of hydrogen-bond donors (Lipinski definition) is 8. The molecular formula is C111H95Cl4N13O17. The minimum atomic E-state index is -0.771. The van der Waals surface area contributed by atoms with Gasteiger partial charge in [0.25, 0.3) is 0 Å². The highest BCUT2D eigenvalue weighted by molar-refractivity contribution is 6.32. The van der Waals surface area contributed by atoms with Crippen molar-refractivity contribution in [2.24, 2.45) is 7.05 Å². The highest BCUT2D eigenvalue weighted by Gasteiger charge is 2.54. The number of aliphatic carboxylic acids is 4. The molecule has 4 aliphatic carbocycles. The van der Waals surface area contributed by atoms with E-state index in [0.29, 0.717) is 117 Å². The van der Waals surface area contributed by atoms with Gasteiger partial charge < -0.3 is 48.5 Å². The third kappa shape index (κ3) is 22.5. The molecule has 4 fully saturated rings. The maximum Gasteiger partial charge on any atom is 0.413 e. The Bertz CT molecular complexity index is 6930. The van der Waals surface area contributed by atoms with Crippen LogP contribution < -0.4 is 21.3 Å². The zero-order valence-electron chi connectivity index (χ0n) is 78.6. The van der Waals surface area contributed by atoms with Crippen LogP contribution in [0.3, 0.4) is 0 Å². The predicted molar refractivity (Wildman–Crippen MR) is 549 cm³/mol. The third-order valence-corrected chi connectivity index (χ3v) is 27.7. The molecule has 20 rings (SSSR count). The summed E-state index contributed by atoms with van der Waals surface area (Å²) in [5, 5.41) is 70.6. The summed E-state index contributed by atoms with van der Waals surface area (Å²) in [6.07, 6.45) is 5.33. The lowest BCUT2D eigenvalue weighted by Gasteiger charge is -2.16. The van der Waals surface area contributed by atoms with Crippen molar-refractivity contribution in [3.63, 3.8) is 0 Å². The SMILES string of the molecule is C[C@@H](OC(=O)Nc1ccnn1-c1ccc(-c2ccc(C3(C(=O)O)CC3)cc2)cc1)c1ccccc1Cl.C[C@@H](OC(=O)Nc1cnnn1-c1ccc(-c2ccc(C3(C(=O)O)CC3)cc2)cc1)c1ccccc1Cl.C[C@@H](OC(=O)Nc1nnoc1-c1ccc(-c2ccc(C3(C(=O)O)CC3)cc2)cc1)c1ccccc1Cl.C[C@H](OC(=O)Nc1c(-c2ccc(-c3ccc(C4(C(=O)O)CC4)cc3)cc2)ncn1C)c1ccccc1Cl. The minimum Gasteiger partial charge on any atom is -0.481 e. The Hall–Kier alpha value is -16.5. The molecule has 0 spiro atoms. The molecule has 34 heteroatoms. The fourth-order valence-electron chi connectivity index (χ4n) is 17.2. The summed E-state index contributed by atoms with van der Waals surface area (Å²) in [7, 11) is 1.79. The van der Waals surface area contributed by atoms with Crippen molar-refractivity contribution in [2.45, 2.75) is 125 Å². The molecule has 16 aromatic rings. The number of aryl methyl sites for hydroxylation is 1. The van der Waals surface area contributed by atoms with Gasteiger partial charge >= 0.3 is 48.3 Å². The summed E-state index contributed by atoms with van der Waals surface area (Å²) in [5.74, 6) is -1.30. The largest absolute Gasteiger partial charge is 0.481 e. The second-order valence-electron chi connectivity index (χ2n) is 35.5. The summed E-state index contributed by atoms with van der Waals surface area (Å²) >= 11 is 24.8. The second-order valence-corrected chi connectivity index (χ2v) is 37.2. The fourth-order valence-corrected chi connectivity index (χ4v) is 18.3. The average Bonchev–Trinajstić information content (AvgIpc) is 1.61. The lowest BCUT2D eigenvalue weighted by molar-refractivity contribution is -0.141. The van der Waals surface area contributed by atoms with Gasteiger partial charge in [-0.2, -0.15) is 9.78 Å². The molecule has 4 aromatic heterocycles. The van der Waals surface area contributed by atoms with E-state index in [4.69, 9.17) is 69.9 Å². The number of carboxylic acid groups (broad SMARTS) is 4. The van der Waals surface area contributed by atoms with Crippen LogP contribution in [0, 0.1) is 0 Å². The predicted octanol–water partition coefficient (Wildman–Crippen LogP) is 25.9. The van der Waals surface area contributed by atoms with E-state index in [1.165, 1.54) is 10.9 Å². The highest BCUT2D eigenvalue weighted by atomic mass is 35.5. The molecule has 4 amide bonds. The summed E-state index contributed by atoms with van der Waals surface area (Å²) in [6, 6.07) is 91.7. The molecule has 4 saturated carbocycles. The number of nitrogens with one attached hydrogen (secondary N) is 4. The van der Waals surface area contributed by atoms with Gasteiger partial charge in [-0.1, -0.05) is 299 Å². The Morgan fingerprint density at radius 2 is 0.641 bits per heavy atom. The molecule has 12 aromatic carbocycles. The molecular weight excluding hydrogens is 1930 g/mol. The average molecular weight is 2020 g/mol. The number of nitrogens with zero attached hydrogens (tertiary/aromatic N) is 9. The smallest absolute Gasteiger partial charge is 0.413 e. The van der Waals surface area contributed by atoms with Crippen molar-refractivity contribution in [1.82, 2.24) is 44.7 Å². The van der Waals surface area contributed by atoms with Crippen molar-refractivity contribution in [3.8, 4) is 78.5 Å². The third-order valence-electron chi connectivity index (χ3n) is 26.3. The lowest BCUT2D eigenvalue weighted by atomic mass is 9.93. The maximum absolute atomic E-state index is 12.7. The Kier molecular flexibility index (Phi) is 29.7. The molecule has 8 N–H and O–H groups in total. The number of carbonyl (C=O) groups excluding carboxylic acids is 4. The minimum absolute atomic E-state index is 0.131. The number of aromatic nitrogens is 9. The second kappa shape index (κ2) is 43.1. The number of benzene rings is 12. The zero-order valence-corrected chi connectivity index (χ0v) is 81.6. The van der Waals surface area contributed by atoms with Gasteiger partial charge in [0.15, 0.2) is 5.82 Å². The van der Waals surface area contributed by atoms with E-state index in [2.05, 4.69) is 52.0 Å². The van der Waals surface area contributed by atoms with Crippen LogP contribution in [0.5, 0.6) is 0 Å². The van der Waals surface area contributed by atoms with Gasteiger partial charge in [-0.25, -0.2) is 28.8 Å². The van der Waals surface area contributed by atoms with Gasteiger partial charge in [-0.05, 0) is 194 Å². The lowest BCUT2D eigenvalue weighted by Crippen LogP contribution is -2.19. The van der Waals surface area contributed by atoms with Crippen LogP contribution in [0.25, 0.3) is 78.5 Å². The van der Waals surface area contributed by atoms with Crippen molar-refractivity contribution >= 4 is 118 Å². The Morgan fingerprint density at radius 1 is 0.352 bits per heavy atom. The van der Waals surface area contributed by atoms with Gasteiger partial charge in [0.1, 0.15) is 41.7 Å². The number of halogens is 4. The quantitative estimate of drug-likeness (QED) is 0.0211. The normalized spacial score (nSPS) is 14.6. The summed E-state index contributed by atoms with van der Waals surface area (Å²) in [6.45, 7) is 6.99. The summed E-state index contributed by atoms with van der Waals surface area (Å²) < 4.78 is 32.1. The summed E-state index contributed by atoms with van der Waals surface area (Å²) in [5.41, 5.74) is 14.7. The number of carbonyl (C=O) groups is 8. The fraction of sp³-hybridized carbons (Fsp3) is 0.189. The highest BCUT2D eigenvalue weighted by Crippen LogP contribution is 2.53. The van der Waals surface area contributed by atoms with E-state index in [1.54, 1.807) is 105 Å². The molecule has 0 saturated heterocycles. The maximum atomic E-state index is 12.7. The van der Waals surface area contributed by atoms with Gasteiger partial charge in [-0.15, -0.1) is 5.10 Å². The Balaban J connectivity index is 0.000000132. The van der Waals surface area contributed by atoms with E-state index >= 15 is 0 Å². The van der Waals surface area contributed by atoms with E-state index in [-0.39, 0.29) is 11.6 Å². The summed E-state index contributed by atoms with van der Waals surface area (Å²) in [4.78, 5) is 101. The van der Waals surface area contributed by atoms with Gasteiger partial charge in [0.05, 0.1) is 51.8 Å². The van der Waals surface area contributed by atoms with Crippen molar-refractivity contribution in [2.75, 3.05) is 21.3 Å². The Morgan fingerprint density at radius 3 is 0.972 bits per heavy atom. The zero-order chi connectivity index (χ0) is 102. The van der Waals surface area contributed by atoms with Crippen LogP contribution in [0.4, 0.5) is 42.4 Å². The Labute approximate surface area is 851 Å². The monoisotopic (exact) mass is 2020 g/mol. The van der Waals surface area contributed by atoms with E-state index in [1.807, 2.05) is 249 Å². The van der Waals surface area contributed by atoms with Gasteiger partial charge in [0, 0.05) is 71.9 Å². The van der Waals surface area contributed by atoms with Crippen LogP contribution in [-0.4, -0.2) is 113 Å². The molecule has 0 unspecified atom stereocenters. The number of hydrogen-bond acceptors (Lipinski definition) is 19. The first kappa shape index (κ1) is 100. The van der Waals surface area contributed by atoms with Gasteiger partial charge in [-0.3, -0.25) is 40.4 Å². The molecule has 145 heavy (non-hydrogen) atoms. The van der Waals surface area contributed by atoms with Crippen LogP contribution in [0.1, 0.15) is 148 Å². The first-order chi connectivity index (χ1) is 69.9. The number of anilines is 4. The van der Waals surface area contributed by atoms with E-state index in [0.717, 1.165) is 89.1 Å². The standard InChI is InChI=1S/C29H26ClN3O4.C28H24ClN3O4.C27H23ClN4O4.C27H22ClN3O5/c1-18(23-5-3-4-6-24(23)30)37-28(36)32-26-25(31-17-33(26)2)21-9-7-19(8-10-21)20-11-13-22(14-12-20)29(15-16-29)27(34)35;1-18(23-4-2-3-5-24(23)29)36-27(35)31-25-14-17-30-32(25)22-12-8-20(9-13-22)19-6-10-21(11-7-19)28(15-16-28)26(33)34;1-17(22-4-2-3-5-23(22)28)36-26(35)30-24-16-29-31-32(24)21-12-8-19(9-13-21)18-6-10-20(11-7-18)27(14-15-27)25(33)34;1-16(21-4-2-3-5-22(21)28)35-26(34)29-24-23(36-31-30-24)19-8-6-17(7-9-19)18-10-12-20(13-11-18)27(14-15-27)25(32)33/h3-14,17-18H,15-16H2,1-2H3,(H,32,36)(H,34,35);2-14,17-18H,15-16H2,1H3,(H,31,35)(H,33,34);2-13,16-17H,14-15H2,1H3,(H,30,35)(H,33,34);2-13,16H,14-15H2,1H3,(H,29,34)(H,32,33)/t2*18-;17-;16-/m0111/s1. The molecule has 30 nitrogen and oxygen atoms in total. The molecule has 0 radical (unpaired) electrons. The number of imidazole rings is 1. The van der Waals surface area contributed by atoms with Crippen molar-refractivity contribution in [3.05, 3.63) is 381 Å². The van der Waals surface area contributed by atoms with E-state index in [9.17, 15) is 58.8 Å². The van der Waals surface area contributed by atoms with E-state index < -0.39 is 94.3 Å². The molecule has 4 heterocycles. The first-order valence-electron chi connectivity index (χ1n) is 46.4. The van der Waals surface area contributed by atoms with Crippen LogP contribution in [0.2, 0.25) is 20.1 Å². The number of rotatable bonds is 28. The molecule has 734 valence electrons. The van der Waals surface area contributed by atoms with Gasteiger partial charge in [0.2, 0.25) is 11.6 Å².